The van der Waals surface area contributed by atoms with Crippen LogP contribution in [0.3, 0.4) is 0 Å². The van der Waals surface area contributed by atoms with Crippen molar-refractivity contribution in [3.8, 4) is 11.5 Å². The Hall–Kier alpha value is -1.68. The van der Waals surface area contributed by atoms with Crippen molar-refractivity contribution < 1.29 is 9.32 Å². The number of rotatable bonds is 2. The third-order valence-corrected chi connectivity index (χ3v) is 1.98. The highest BCUT2D eigenvalue weighted by Gasteiger charge is 2.10. The van der Waals surface area contributed by atoms with E-state index in [1.165, 1.54) is 0 Å². The van der Waals surface area contributed by atoms with E-state index in [2.05, 4.69) is 10.1 Å². The third-order valence-electron chi connectivity index (χ3n) is 1.65. The van der Waals surface area contributed by atoms with Crippen molar-refractivity contribution >= 4 is 17.9 Å². The number of benzene rings is 1. The van der Waals surface area contributed by atoms with Crippen LogP contribution in [0.15, 0.2) is 28.8 Å². The fourth-order valence-corrected chi connectivity index (χ4v) is 1.24. The Bertz CT molecular complexity index is 467. The first kappa shape index (κ1) is 8.90. The minimum absolute atomic E-state index is 0.0138. The molecule has 0 unspecified atom stereocenters. The zero-order valence-corrected chi connectivity index (χ0v) is 7.73. The molecule has 0 bridgehead atoms. The van der Waals surface area contributed by atoms with Gasteiger partial charge < -0.3 is 4.52 Å². The average molecular weight is 209 g/mol. The van der Waals surface area contributed by atoms with Crippen LogP contribution in [-0.4, -0.2) is 16.4 Å². The summed E-state index contributed by atoms with van der Waals surface area (Å²) in [6.45, 7) is 0. The van der Waals surface area contributed by atoms with Crippen molar-refractivity contribution in [3.63, 3.8) is 0 Å². The van der Waals surface area contributed by atoms with Crippen LogP contribution in [0, 0.1) is 0 Å². The van der Waals surface area contributed by atoms with E-state index in [-0.39, 0.29) is 11.7 Å². The van der Waals surface area contributed by atoms with Crippen molar-refractivity contribution in [1.29, 1.82) is 0 Å². The van der Waals surface area contributed by atoms with Crippen LogP contribution in [-0.2, 0) is 0 Å². The van der Waals surface area contributed by atoms with Crippen LogP contribution in [0.5, 0.6) is 0 Å². The Labute approximate surface area is 84.5 Å². The quantitative estimate of drug-likeness (QED) is 0.710. The van der Waals surface area contributed by atoms with Gasteiger partial charge in [0.15, 0.2) is 6.29 Å². The molecule has 2 aromatic rings. The Kier molecular flexibility index (Phi) is 2.28. The van der Waals surface area contributed by atoms with Crippen LogP contribution in [0.25, 0.3) is 11.5 Å². The van der Waals surface area contributed by atoms with E-state index in [4.69, 9.17) is 16.1 Å². The molecule has 0 fully saturated rings. The first-order valence-electron chi connectivity index (χ1n) is 3.85. The molecule has 1 heterocycles. The normalized spacial score (nSPS) is 10.1. The van der Waals surface area contributed by atoms with E-state index in [1.54, 1.807) is 24.3 Å². The molecule has 0 radical (unpaired) electrons. The van der Waals surface area contributed by atoms with Gasteiger partial charge in [-0.1, -0.05) is 28.9 Å². The lowest BCUT2D eigenvalue weighted by Crippen LogP contribution is -1.82. The minimum atomic E-state index is 0.0138. The summed E-state index contributed by atoms with van der Waals surface area (Å²) < 4.78 is 4.85. The molecule has 4 nitrogen and oxygen atoms in total. The molecule has 0 atom stereocenters. The maximum absolute atomic E-state index is 10.3. The summed E-state index contributed by atoms with van der Waals surface area (Å²) in [5.74, 6) is 0.262. The van der Waals surface area contributed by atoms with Gasteiger partial charge in [0.2, 0.25) is 5.82 Å². The van der Waals surface area contributed by atoms with Gasteiger partial charge in [-0.05, 0) is 12.1 Å². The Balaban J connectivity index is 2.49. The SMILES string of the molecule is O=Cc1noc(-c2ccccc2Cl)n1. The van der Waals surface area contributed by atoms with Gasteiger partial charge in [0.25, 0.3) is 5.89 Å². The van der Waals surface area contributed by atoms with E-state index in [1.807, 2.05) is 0 Å². The molecule has 14 heavy (non-hydrogen) atoms. The number of aromatic nitrogens is 2. The summed E-state index contributed by atoms with van der Waals surface area (Å²) >= 11 is 5.90. The molecule has 1 aromatic heterocycles. The van der Waals surface area contributed by atoms with E-state index >= 15 is 0 Å². The maximum Gasteiger partial charge on any atom is 0.259 e. The fourth-order valence-electron chi connectivity index (χ4n) is 1.03. The Morgan fingerprint density at radius 3 is 2.79 bits per heavy atom. The Morgan fingerprint density at radius 2 is 2.14 bits per heavy atom. The number of nitrogens with zero attached hydrogens (tertiary/aromatic N) is 2. The van der Waals surface area contributed by atoms with Crippen molar-refractivity contribution in [2.45, 2.75) is 0 Å². The third kappa shape index (κ3) is 1.52. The standard InChI is InChI=1S/C9H5ClN2O2/c10-7-4-2-1-3-6(7)9-11-8(5-13)12-14-9/h1-5H. The highest BCUT2D eigenvalue weighted by molar-refractivity contribution is 6.33. The largest absolute Gasteiger partial charge is 0.333 e. The van der Waals surface area contributed by atoms with Gasteiger partial charge in [0.05, 0.1) is 10.6 Å². The molecule has 0 N–H and O–H groups in total. The van der Waals surface area contributed by atoms with Gasteiger partial charge >= 0.3 is 0 Å². The molecule has 70 valence electrons. The van der Waals surface area contributed by atoms with Crippen molar-refractivity contribution in [2.75, 3.05) is 0 Å². The number of carbonyl (C=O) groups is 1. The summed E-state index contributed by atoms with van der Waals surface area (Å²) in [7, 11) is 0. The van der Waals surface area contributed by atoms with E-state index in [0.717, 1.165) is 0 Å². The topological polar surface area (TPSA) is 56.0 Å². The second-order valence-corrected chi connectivity index (χ2v) is 2.96. The van der Waals surface area contributed by atoms with E-state index in [9.17, 15) is 4.79 Å². The summed E-state index contributed by atoms with van der Waals surface area (Å²) in [5, 5.41) is 3.95. The van der Waals surface area contributed by atoms with Gasteiger partial charge in [-0.3, -0.25) is 4.79 Å². The van der Waals surface area contributed by atoms with Gasteiger partial charge in [0.1, 0.15) is 0 Å². The zero-order chi connectivity index (χ0) is 9.97. The highest BCUT2D eigenvalue weighted by atomic mass is 35.5. The zero-order valence-electron chi connectivity index (χ0n) is 6.98. The molecule has 0 aliphatic carbocycles. The van der Waals surface area contributed by atoms with Crippen molar-refractivity contribution in [2.24, 2.45) is 0 Å². The molecule has 0 amide bonds. The minimum Gasteiger partial charge on any atom is -0.333 e. The lowest BCUT2D eigenvalue weighted by molar-refractivity contribution is 0.111. The van der Waals surface area contributed by atoms with Crippen LogP contribution in [0.2, 0.25) is 5.02 Å². The van der Waals surface area contributed by atoms with Gasteiger partial charge in [0, 0.05) is 0 Å². The second kappa shape index (κ2) is 3.59. The predicted octanol–water partition coefficient (Wildman–Crippen LogP) is 2.20. The van der Waals surface area contributed by atoms with Crippen molar-refractivity contribution in [3.05, 3.63) is 35.1 Å². The number of hydrogen-bond donors (Lipinski definition) is 0. The molecule has 1 aromatic carbocycles. The molecule has 0 aliphatic heterocycles. The summed E-state index contributed by atoms with van der Waals surface area (Å²) in [6, 6.07) is 7.04. The number of halogens is 1. The van der Waals surface area contributed by atoms with Crippen LogP contribution in [0.4, 0.5) is 0 Å². The lowest BCUT2D eigenvalue weighted by Gasteiger charge is -1.95. The van der Waals surface area contributed by atoms with Gasteiger partial charge in [-0.15, -0.1) is 0 Å². The average Bonchev–Trinajstić information content (AvgIpc) is 2.67. The van der Waals surface area contributed by atoms with Crippen LogP contribution >= 0.6 is 11.6 Å². The number of carbonyl (C=O) groups excluding carboxylic acids is 1. The van der Waals surface area contributed by atoms with Gasteiger partial charge in [-0.2, -0.15) is 4.98 Å². The molecular weight excluding hydrogens is 204 g/mol. The van der Waals surface area contributed by atoms with Crippen LogP contribution in [0.1, 0.15) is 10.6 Å². The Morgan fingerprint density at radius 1 is 1.36 bits per heavy atom. The molecule has 2 rings (SSSR count). The van der Waals surface area contributed by atoms with E-state index in [0.29, 0.717) is 16.9 Å². The maximum atomic E-state index is 10.3. The number of hydrogen-bond acceptors (Lipinski definition) is 4. The molecule has 0 saturated heterocycles. The summed E-state index contributed by atoms with van der Waals surface area (Å²) in [5.41, 5.74) is 0.620. The summed E-state index contributed by atoms with van der Waals surface area (Å²) in [6.07, 6.45) is 0.518. The first-order valence-corrected chi connectivity index (χ1v) is 4.23. The molecule has 5 heteroatoms. The molecular formula is C9H5ClN2O2. The monoisotopic (exact) mass is 208 g/mol. The molecule has 0 aliphatic rings. The van der Waals surface area contributed by atoms with Crippen molar-refractivity contribution in [1.82, 2.24) is 10.1 Å². The number of aldehydes is 1. The van der Waals surface area contributed by atoms with Crippen LogP contribution < -0.4 is 0 Å². The smallest absolute Gasteiger partial charge is 0.259 e. The predicted molar refractivity (Wildman–Crippen MR) is 50.1 cm³/mol. The second-order valence-electron chi connectivity index (χ2n) is 2.56. The van der Waals surface area contributed by atoms with E-state index < -0.39 is 0 Å². The molecule has 0 saturated carbocycles. The fraction of sp³-hybridized carbons (Fsp3) is 0. The van der Waals surface area contributed by atoms with Gasteiger partial charge in [-0.25, -0.2) is 0 Å². The lowest BCUT2D eigenvalue weighted by atomic mass is 10.2. The molecule has 0 spiro atoms. The summed E-state index contributed by atoms with van der Waals surface area (Å²) in [4.78, 5) is 14.1. The highest BCUT2D eigenvalue weighted by Crippen LogP contribution is 2.25. The first-order chi connectivity index (χ1) is 6.81.